The predicted octanol–water partition coefficient (Wildman–Crippen LogP) is 8.00. The zero-order valence-corrected chi connectivity index (χ0v) is 25.7. The molecule has 0 spiro atoms. The molecule has 0 saturated carbocycles. The zero-order chi connectivity index (χ0) is 30.6. The number of halogens is 1. The van der Waals surface area contributed by atoms with Gasteiger partial charge in [0, 0.05) is 11.8 Å². The summed E-state index contributed by atoms with van der Waals surface area (Å²) in [7, 11) is 0. The molecule has 2 N–H and O–H groups in total. The van der Waals surface area contributed by atoms with E-state index in [1.807, 2.05) is 64.1 Å². The summed E-state index contributed by atoms with van der Waals surface area (Å²) in [4.78, 5) is 27.2. The van der Waals surface area contributed by atoms with Crippen LogP contribution in [0.5, 0.6) is 0 Å². The molecule has 2 aromatic heterocycles. The number of hydrogen-bond acceptors (Lipinski definition) is 8. The van der Waals surface area contributed by atoms with Gasteiger partial charge in [-0.3, -0.25) is 4.79 Å². The minimum atomic E-state index is -1.25. The number of aromatic nitrogens is 3. The Labute approximate surface area is 255 Å². The molecule has 1 aliphatic rings. The Morgan fingerprint density at radius 2 is 1.84 bits per heavy atom. The predicted molar refractivity (Wildman–Crippen MR) is 168 cm³/mol. The highest BCUT2D eigenvalue weighted by Gasteiger charge is 2.36. The number of rotatable bonds is 8. The number of allylic oxidation sites excluding steroid dienone is 1. The fraction of sp³-hybridized carbons (Fsp3) is 0.353. The molecule has 0 amide bonds. The molecule has 0 saturated heterocycles. The van der Waals surface area contributed by atoms with Gasteiger partial charge in [0.2, 0.25) is 5.95 Å². The Kier molecular flexibility index (Phi) is 9.03. The van der Waals surface area contributed by atoms with Crippen molar-refractivity contribution in [2.45, 2.75) is 77.0 Å². The van der Waals surface area contributed by atoms with Crippen molar-refractivity contribution in [3.63, 3.8) is 0 Å². The molecule has 4 aromatic rings. The maximum Gasteiger partial charge on any atom is 0.310 e. The number of thiazole rings is 1. The third-order valence-corrected chi connectivity index (χ3v) is 8.60. The van der Waals surface area contributed by atoms with Gasteiger partial charge in [0.15, 0.2) is 0 Å². The van der Waals surface area contributed by atoms with E-state index in [-0.39, 0.29) is 18.4 Å². The summed E-state index contributed by atoms with van der Waals surface area (Å²) in [5.74, 6) is -0.246. The van der Waals surface area contributed by atoms with Gasteiger partial charge in [0.1, 0.15) is 22.0 Å². The molecule has 224 valence electrons. The maximum atomic E-state index is 15.1. The van der Waals surface area contributed by atoms with E-state index < -0.39 is 17.0 Å². The van der Waals surface area contributed by atoms with Crippen molar-refractivity contribution in [3.05, 3.63) is 94.9 Å². The van der Waals surface area contributed by atoms with E-state index in [9.17, 15) is 9.90 Å². The van der Waals surface area contributed by atoms with Crippen LogP contribution in [0.25, 0.3) is 21.8 Å². The average molecular weight is 601 g/mol. The molecule has 0 radical (unpaired) electrons. The first kappa shape index (κ1) is 30.5. The molecule has 0 aliphatic heterocycles. The van der Waals surface area contributed by atoms with Gasteiger partial charge < -0.3 is 15.2 Å². The summed E-state index contributed by atoms with van der Waals surface area (Å²) >= 11 is 1.32. The third kappa shape index (κ3) is 7.53. The number of carbonyl (C=O) groups is 1. The molecule has 2 atom stereocenters. The topological polar surface area (TPSA) is 97.2 Å². The molecule has 9 heteroatoms. The lowest BCUT2D eigenvalue weighted by atomic mass is 9.94. The molecule has 2 heterocycles. The Hall–Kier alpha value is -3.95. The number of benzene rings is 2. The Morgan fingerprint density at radius 3 is 2.58 bits per heavy atom. The summed E-state index contributed by atoms with van der Waals surface area (Å²) in [5, 5.41) is 15.8. The number of ether oxygens (including phenoxy) is 1. The van der Waals surface area contributed by atoms with Crippen LogP contribution in [0, 0.1) is 5.82 Å². The van der Waals surface area contributed by atoms with E-state index in [1.54, 1.807) is 30.5 Å². The van der Waals surface area contributed by atoms with Gasteiger partial charge >= 0.3 is 5.97 Å². The maximum absolute atomic E-state index is 15.1. The summed E-state index contributed by atoms with van der Waals surface area (Å²) in [6, 6.07) is 18.3. The Balaban J connectivity index is 1.44. The normalized spacial score (nSPS) is 18.0. The average Bonchev–Trinajstić information content (AvgIpc) is 3.33. The van der Waals surface area contributed by atoms with E-state index in [1.165, 1.54) is 17.4 Å². The quantitative estimate of drug-likeness (QED) is 0.156. The van der Waals surface area contributed by atoms with Crippen molar-refractivity contribution in [1.29, 1.82) is 0 Å². The number of nitrogens with zero attached hydrogens (tertiary/aromatic N) is 3. The highest BCUT2D eigenvalue weighted by molar-refractivity contribution is 7.15. The van der Waals surface area contributed by atoms with Gasteiger partial charge in [-0.2, -0.15) is 0 Å². The monoisotopic (exact) mass is 600 g/mol. The zero-order valence-electron chi connectivity index (χ0n) is 24.9. The number of hydrogen-bond donors (Lipinski definition) is 2. The fourth-order valence-electron chi connectivity index (χ4n) is 5.15. The van der Waals surface area contributed by atoms with Crippen molar-refractivity contribution >= 4 is 23.3 Å². The number of carbonyl (C=O) groups excluding carboxylic acids is 1. The van der Waals surface area contributed by atoms with Crippen LogP contribution >= 0.6 is 11.3 Å². The van der Waals surface area contributed by atoms with Gasteiger partial charge in [0.25, 0.3) is 0 Å². The van der Waals surface area contributed by atoms with E-state index in [4.69, 9.17) is 14.7 Å². The van der Waals surface area contributed by atoms with E-state index >= 15 is 4.39 Å². The van der Waals surface area contributed by atoms with Crippen molar-refractivity contribution in [1.82, 2.24) is 15.0 Å². The summed E-state index contributed by atoms with van der Waals surface area (Å²) in [6.45, 7) is 7.57. The number of anilines is 1. The first-order chi connectivity index (χ1) is 20.5. The molecule has 7 nitrogen and oxygen atoms in total. The lowest BCUT2D eigenvalue weighted by Gasteiger charge is -2.24. The van der Waals surface area contributed by atoms with Gasteiger partial charge in [-0.25, -0.2) is 19.3 Å². The molecule has 0 fully saturated rings. The van der Waals surface area contributed by atoms with Gasteiger partial charge in [-0.05, 0) is 77.1 Å². The molecule has 43 heavy (non-hydrogen) atoms. The van der Waals surface area contributed by atoms with Crippen LogP contribution < -0.4 is 5.32 Å². The summed E-state index contributed by atoms with van der Waals surface area (Å²) < 4.78 is 20.6. The van der Waals surface area contributed by atoms with E-state index in [0.717, 1.165) is 11.1 Å². The molecule has 1 aliphatic carbocycles. The van der Waals surface area contributed by atoms with Crippen LogP contribution in [-0.2, 0) is 15.1 Å². The molecule has 0 bridgehead atoms. The number of nitrogens with one attached hydrogen (secondary N) is 1. The fourth-order valence-corrected chi connectivity index (χ4v) is 6.34. The molecular weight excluding hydrogens is 563 g/mol. The highest BCUT2D eigenvalue weighted by Crippen LogP contribution is 2.45. The van der Waals surface area contributed by atoms with Crippen LogP contribution in [-0.4, -0.2) is 31.6 Å². The minimum absolute atomic E-state index is 0.0337. The smallest absolute Gasteiger partial charge is 0.310 e. The molecule has 1 unspecified atom stereocenters. The first-order valence-corrected chi connectivity index (χ1v) is 15.4. The summed E-state index contributed by atoms with van der Waals surface area (Å²) in [5.41, 5.74) is 1.59. The second-order valence-corrected chi connectivity index (χ2v) is 12.9. The largest absolute Gasteiger partial charge is 0.460 e. The van der Waals surface area contributed by atoms with Crippen LogP contribution in [0.15, 0.2) is 78.5 Å². The lowest BCUT2D eigenvalue weighted by Crippen LogP contribution is -2.25. The third-order valence-electron chi connectivity index (χ3n) is 7.33. The molecular formula is C34H37FN4O3S. The minimum Gasteiger partial charge on any atom is -0.460 e. The molecule has 5 rings (SSSR count). The van der Waals surface area contributed by atoms with Crippen molar-refractivity contribution in [3.8, 4) is 21.8 Å². The first-order valence-electron chi connectivity index (χ1n) is 14.5. The van der Waals surface area contributed by atoms with Gasteiger partial charge in [-0.1, -0.05) is 54.1 Å². The van der Waals surface area contributed by atoms with E-state index in [2.05, 4.69) is 10.3 Å². The second-order valence-electron chi connectivity index (χ2n) is 11.9. The van der Waals surface area contributed by atoms with Crippen LogP contribution in [0.3, 0.4) is 0 Å². The Bertz CT molecular complexity index is 1620. The molecule has 2 aromatic carbocycles. The SMILES string of the molecule is C[C@H](Nc1nccc(-c2sc(C3(O)CCC=C(CC(=O)OC(C)(C)C)CC3)nc2-c2ccccc2F)n1)c1ccccc1. The van der Waals surface area contributed by atoms with Crippen LogP contribution in [0.4, 0.5) is 10.3 Å². The lowest BCUT2D eigenvalue weighted by molar-refractivity contribution is -0.153. The standard InChI is InChI=1S/C34H37FN4O3S/c1-22(24-12-6-5-7-13-24)37-32-36-20-17-27(38-32)30-29(25-14-8-9-15-26(25)35)39-31(43-30)34(41)18-10-11-23(16-19-34)21-28(40)42-33(2,3)4/h5-9,11-15,17,20,22,41H,10,16,18-19,21H2,1-4H3,(H,36,37,38)/t22-,34?/m0/s1. The van der Waals surface area contributed by atoms with Crippen molar-refractivity contribution in [2.24, 2.45) is 0 Å². The van der Waals surface area contributed by atoms with E-state index in [0.29, 0.717) is 58.5 Å². The van der Waals surface area contributed by atoms with Gasteiger partial charge in [0.05, 0.1) is 28.7 Å². The Morgan fingerprint density at radius 1 is 1.09 bits per heavy atom. The van der Waals surface area contributed by atoms with Crippen molar-refractivity contribution in [2.75, 3.05) is 5.32 Å². The van der Waals surface area contributed by atoms with Crippen molar-refractivity contribution < 1.29 is 19.0 Å². The number of esters is 1. The van der Waals surface area contributed by atoms with Crippen LogP contribution in [0.1, 0.15) is 76.4 Å². The number of aliphatic hydroxyl groups is 1. The van der Waals surface area contributed by atoms with Gasteiger partial charge in [-0.15, -0.1) is 11.3 Å². The highest BCUT2D eigenvalue weighted by atomic mass is 32.1. The second kappa shape index (κ2) is 12.7. The van der Waals surface area contributed by atoms with Crippen LogP contribution in [0.2, 0.25) is 0 Å². The summed E-state index contributed by atoms with van der Waals surface area (Å²) in [6.07, 6.45) is 5.80.